The molecule has 3 heterocycles. The van der Waals surface area contributed by atoms with Crippen LogP contribution in [0.25, 0.3) is 0 Å². The number of hydrogen-bond acceptors (Lipinski definition) is 3. The van der Waals surface area contributed by atoms with E-state index >= 15 is 0 Å². The van der Waals surface area contributed by atoms with Gasteiger partial charge in [0.2, 0.25) is 0 Å². The number of likely N-dealkylation sites (tertiary alicyclic amines) is 1. The zero-order valence-corrected chi connectivity index (χ0v) is 12.7. The first-order valence-corrected chi connectivity index (χ1v) is 7.82. The molecule has 106 valence electrons. The lowest BCUT2D eigenvalue weighted by molar-refractivity contribution is 0.0705. The molecule has 0 spiro atoms. The monoisotopic (exact) mass is 289 g/mol. The summed E-state index contributed by atoms with van der Waals surface area (Å²) in [6.07, 6.45) is 3.95. The van der Waals surface area contributed by atoms with Gasteiger partial charge in [0.15, 0.2) is 0 Å². The van der Waals surface area contributed by atoms with Crippen LogP contribution in [0.5, 0.6) is 0 Å². The first-order chi connectivity index (χ1) is 9.65. The Hall–Kier alpha value is -1.62. The van der Waals surface area contributed by atoms with Gasteiger partial charge in [0.25, 0.3) is 5.91 Å². The van der Waals surface area contributed by atoms with Crippen molar-refractivity contribution in [3.05, 3.63) is 39.3 Å². The van der Waals surface area contributed by atoms with Crippen molar-refractivity contribution < 1.29 is 4.79 Å². The molecule has 0 radical (unpaired) electrons. The van der Waals surface area contributed by atoms with Crippen molar-refractivity contribution in [3.8, 4) is 0 Å². The van der Waals surface area contributed by atoms with E-state index in [9.17, 15) is 4.79 Å². The second-order valence-electron chi connectivity index (χ2n) is 5.43. The largest absolute Gasteiger partial charge is 0.338 e. The predicted molar refractivity (Wildman–Crippen MR) is 80.3 cm³/mol. The molecule has 1 aliphatic rings. The van der Waals surface area contributed by atoms with Gasteiger partial charge >= 0.3 is 0 Å². The van der Waals surface area contributed by atoms with Gasteiger partial charge in [-0.1, -0.05) is 0 Å². The molecule has 3 rings (SSSR count). The minimum atomic E-state index is 0.177. The van der Waals surface area contributed by atoms with Gasteiger partial charge in [-0.25, -0.2) is 0 Å². The molecule has 5 heteroatoms. The van der Waals surface area contributed by atoms with Crippen molar-refractivity contribution in [1.29, 1.82) is 0 Å². The zero-order chi connectivity index (χ0) is 14.1. The molecule has 1 saturated heterocycles. The van der Waals surface area contributed by atoms with E-state index in [0.717, 1.165) is 42.1 Å². The maximum absolute atomic E-state index is 12.7. The highest BCUT2D eigenvalue weighted by Crippen LogP contribution is 2.28. The third-order valence-corrected chi connectivity index (χ3v) is 4.91. The molecular formula is C15H19N3OS. The number of nitrogens with zero attached hydrogens (tertiary/aromatic N) is 2. The van der Waals surface area contributed by atoms with E-state index in [1.807, 2.05) is 24.0 Å². The van der Waals surface area contributed by atoms with Crippen molar-refractivity contribution >= 4 is 17.2 Å². The van der Waals surface area contributed by atoms with Crippen LogP contribution in [0.2, 0.25) is 0 Å². The van der Waals surface area contributed by atoms with Gasteiger partial charge in [0.1, 0.15) is 0 Å². The van der Waals surface area contributed by atoms with Gasteiger partial charge in [-0.3, -0.25) is 9.89 Å². The van der Waals surface area contributed by atoms with Gasteiger partial charge in [-0.2, -0.15) is 5.10 Å². The Balaban J connectivity index is 1.77. The van der Waals surface area contributed by atoms with Crippen LogP contribution >= 0.6 is 11.3 Å². The lowest BCUT2D eigenvalue weighted by Crippen LogP contribution is -2.39. The summed E-state index contributed by atoms with van der Waals surface area (Å²) in [5, 5.41) is 7.05. The second-order valence-corrected chi connectivity index (χ2v) is 6.89. The molecule has 1 amide bonds. The molecule has 0 aromatic carbocycles. The number of aryl methyl sites for hydroxylation is 2. The number of nitrogens with one attached hydrogen (secondary N) is 1. The van der Waals surface area contributed by atoms with E-state index in [4.69, 9.17) is 0 Å². The quantitative estimate of drug-likeness (QED) is 0.923. The number of amides is 1. The van der Waals surface area contributed by atoms with Crippen LogP contribution in [0.4, 0.5) is 0 Å². The van der Waals surface area contributed by atoms with Gasteiger partial charge in [-0.05, 0) is 38.8 Å². The Labute approximate surface area is 122 Å². The van der Waals surface area contributed by atoms with Crippen molar-refractivity contribution in [2.24, 2.45) is 0 Å². The molecule has 20 heavy (non-hydrogen) atoms. The van der Waals surface area contributed by atoms with Crippen molar-refractivity contribution in [3.63, 3.8) is 0 Å². The summed E-state index contributed by atoms with van der Waals surface area (Å²) in [6.45, 7) is 5.73. The molecule has 4 nitrogen and oxygen atoms in total. The number of carbonyl (C=O) groups is 1. The molecule has 1 fully saturated rings. The highest BCUT2D eigenvalue weighted by atomic mass is 32.1. The molecule has 2 aromatic heterocycles. The van der Waals surface area contributed by atoms with E-state index in [1.165, 1.54) is 4.88 Å². The van der Waals surface area contributed by atoms with Crippen LogP contribution in [0.15, 0.2) is 18.3 Å². The Kier molecular flexibility index (Phi) is 3.61. The van der Waals surface area contributed by atoms with E-state index in [2.05, 4.69) is 17.1 Å². The molecular weight excluding hydrogens is 270 g/mol. The Morgan fingerprint density at radius 2 is 2.35 bits per heavy atom. The average molecular weight is 289 g/mol. The van der Waals surface area contributed by atoms with Crippen LogP contribution in [0, 0.1) is 13.8 Å². The van der Waals surface area contributed by atoms with E-state index < -0.39 is 0 Å². The molecule has 0 saturated carbocycles. The number of hydrogen-bond donors (Lipinski definition) is 1. The van der Waals surface area contributed by atoms with Crippen LogP contribution in [-0.2, 0) is 0 Å². The zero-order valence-electron chi connectivity index (χ0n) is 11.8. The molecule has 0 bridgehead atoms. The Morgan fingerprint density at radius 3 is 3.00 bits per heavy atom. The molecule has 1 aliphatic heterocycles. The predicted octanol–water partition coefficient (Wildman–Crippen LogP) is 3.11. The fraction of sp³-hybridized carbons (Fsp3) is 0.467. The minimum Gasteiger partial charge on any atom is -0.338 e. The van der Waals surface area contributed by atoms with Crippen LogP contribution in [0.1, 0.15) is 44.6 Å². The fourth-order valence-electron chi connectivity index (χ4n) is 2.92. The van der Waals surface area contributed by atoms with E-state index in [0.29, 0.717) is 5.92 Å². The highest BCUT2D eigenvalue weighted by Gasteiger charge is 2.27. The summed E-state index contributed by atoms with van der Waals surface area (Å²) in [6, 6.07) is 4.03. The number of H-pyrrole nitrogens is 1. The van der Waals surface area contributed by atoms with Crippen molar-refractivity contribution in [2.75, 3.05) is 13.1 Å². The average Bonchev–Trinajstić information content (AvgIpc) is 3.08. The number of carbonyl (C=O) groups excluding carboxylic acids is 1. The molecule has 1 atom stereocenters. The number of thiophene rings is 1. The second kappa shape index (κ2) is 5.40. The fourth-order valence-corrected chi connectivity index (χ4v) is 3.84. The number of aromatic nitrogens is 2. The first-order valence-electron chi connectivity index (χ1n) is 7.00. The smallest absolute Gasteiger partial charge is 0.254 e. The van der Waals surface area contributed by atoms with Crippen LogP contribution < -0.4 is 0 Å². The molecule has 0 aliphatic carbocycles. The summed E-state index contributed by atoms with van der Waals surface area (Å²) >= 11 is 1.70. The van der Waals surface area contributed by atoms with Crippen molar-refractivity contribution in [2.45, 2.75) is 32.6 Å². The molecule has 2 aromatic rings. The van der Waals surface area contributed by atoms with Gasteiger partial charge in [0.05, 0.1) is 5.56 Å². The van der Waals surface area contributed by atoms with E-state index in [1.54, 1.807) is 17.5 Å². The number of rotatable bonds is 2. The summed E-state index contributed by atoms with van der Waals surface area (Å²) in [5.74, 6) is 0.561. The lowest BCUT2D eigenvalue weighted by atomic mass is 9.94. The highest BCUT2D eigenvalue weighted by molar-refractivity contribution is 7.12. The normalized spacial score (nSPS) is 19.3. The third-order valence-electron chi connectivity index (χ3n) is 3.94. The third kappa shape index (κ3) is 2.50. The first kappa shape index (κ1) is 13.4. The van der Waals surface area contributed by atoms with Gasteiger partial charge in [0, 0.05) is 40.7 Å². The number of aromatic amines is 1. The topological polar surface area (TPSA) is 49.0 Å². The molecule has 0 unspecified atom stereocenters. The van der Waals surface area contributed by atoms with Gasteiger partial charge < -0.3 is 4.90 Å². The lowest BCUT2D eigenvalue weighted by Gasteiger charge is -2.32. The maximum atomic E-state index is 12.7. The summed E-state index contributed by atoms with van der Waals surface area (Å²) in [5.41, 5.74) is 2.01. The summed E-state index contributed by atoms with van der Waals surface area (Å²) in [4.78, 5) is 17.0. The summed E-state index contributed by atoms with van der Waals surface area (Å²) < 4.78 is 0. The standard InChI is InChI=1S/C15H19N3OS/c1-10-8-13(11(2)20-10)15(19)18-7-3-4-12(9-18)14-5-6-16-17-14/h5-6,8,12H,3-4,7,9H2,1-2H3,(H,16,17)/t12-/m1/s1. The maximum Gasteiger partial charge on any atom is 0.254 e. The summed E-state index contributed by atoms with van der Waals surface area (Å²) in [7, 11) is 0. The Morgan fingerprint density at radius 1 is 1.50 bits per heavy atom. The van der Waals surface area contributed by atoms with Crippen LogP contribution in [0.3, 0.4) is 0 Å². The van der Waals surface area contributed by atoms with Gasteiger partial charge in [-0.15, -0.1) is 11.3 Å². The van der Waals surface area contributed by atoms with Crippen molar-refractivity contribution in [1.82, 2.24) is 15.1 Å². The number of piperidine rings is 1. The van der Waals surface area contributed by atoms with E-state index in [-0.39, 0.29) is 5.91 Å². The molecule has 1 N–H and O–H groups in total. The Bertz CT molecular complexity index is 603. The minimum absolute atomic E-state index is 0.177. The van der Waals surface area contributed by atoms with Crippen LogP contribution in [-0.4, -0.2) is 34.1 Å². The SMILES string of the molecule is Cc1cc(C(=O)N2CCC[C@@H](c3ccn[nH]3)C2)c(C)s1.